The molecule has 0 radical (unpaired) electrons. The Labute approximate surface area is 285 Å². The van der Waals surface area contributed by atoms with Crippen LogP contribution in [0, 0.1) is 0 Å². The molecule has 8 aromatic carbocycles. The Balaban J connectivity index is 1.13. The van der Waals surface area contributed by atoms with Crippen molar-refractivity contribution in [3.63, 3.8) is 0 Å². The summed E-state index contributed by atoms with van der Waals surface area (Å²) >= 11 is 0. The van der Waals surface area contributed by atoms with Crippen LogP contribution in [0.15, 0.2) is 171 Å². The number of fused-ring (bicyclic) bond motifs is 11. The van der Waals surface area contributed by atoms with Gasteiger partial charge in [0.1, 0.15) is 27.8 Å². The molecule has 0 bridgehead atoms. The fourth-order valence-corrected chi connectivity index (χ4v) is 7.67. The van der Waals surface area contributed by atoms with Crippen molar-refractivity contribution >= 4 is 93.6 Å². The number of benzene rings is 8. The fraction of sp³-hybridized carbons (Fsp3) is 0. The van der Waals surface area contributed by atoms with Crippen molar-refractivity contribution in [3.8, 4) is 11.5 Å². The van der Waals surface area contributed by atoms with Gasteiger partial charge in [-0.1, -0.05) is 91.0 Å². The normalized spacial score (nSPS) is 12.0. The molecule has 5 nitrogen and oxygen atoms in total. The Bertz CT molecular complexity index is 3110. The predicted octanol–water partition coefficient (Wildman–Crippen LogP) is 13.1. The largest absolute Gasteiger partial charge is 0.456 e. The van der Waals surface area contributed by atoms with Crippen molar-refractivity contribution in [1.29, 1.82) is 0 Å². The Morgan fingerprint density at radius 3 is 1.94 bits per heavy atom. The molecule has 11 aromatic rings. The van der Waals surface area contributed by atoms with Crippen molar-refractivity contribution in [2.75, 3.05) is 4.90 Å². The SMILES string of the molecule is c1ccc(N(c2ccc3c(c2)oc2cccc(-c4nc5c(ccc6ccccc65)o4)c23)c2cccc3oc4ccc5ccccc5c4c23)cc1. The van der Waals surface area contributed by atoms with Crippen LogP contribution >= 0.6 is 0 Å². The zero-order chi connectivity index (χ0) is 32.8. The van der Waals surface area contributed by atoms with Gasteiger partial charge in [-0.3, -0.25) is 0 Å². The number of oxazole rings is 1. The Morgan fingerprint density at radius 1 is 0.400 bits per heavy atom. The van der Waals surface area contributed by atoms with Crippen LogP contribution in [-0.2, 0) is 0 Å². The molecule has 3 aromatic heterocycles. The predicted molar refractivity (Wildman–Crippen MR) is 204 cm³/mol. The molecule has 0 aliphatic rings. The van der Waals surface area contributed by atoms with Crippen LogP contribution < -0.4 is 4.90 Å². The number of aromatic nitrogens is 1. The number of nitrogens with zero attached hydrogens (tertiary/aromatic N) is 2. The Kier molecular flexibility index (Phi) is 5.60. The standard InChI is InChI=1S/C45H26N2O3/c1-2-12-29(13-3-1)47(35-17-9-19-37-43(35)42-31-14-6-4-10-27(31)20-24-38(42)48-37)30-22-23-33-40(26-30)49-36-18-8-16-34(41(33)36)45-46-44-32-15-7-5-11-28(32)21-25-39(44)50-45/h1-26H. The van der Waals surface area contributed by atoms with Crippen molar-refractivity contribution in [1.82, 2.24) is 4.98 Å². The van der Waals surface area contributed by atoms with E-state index in [1.54, 1.807) is 0 Å². The number of hydrogen-bond acceptors (Lipinski definition) is 5. The van der Waals surface area contributed by atoms with Gasteiger partial charge in [-0.2, -0.15) is 0 Å². The fourth-order valence-electron chi connectivity index (χ4n) is 7.67. The molecule has 3 heterocycles. The Hall–Kier alpha value is -6.85. The van der Waals surface area contributed by atoms with E-state index >= 15 is 0 Å². The lowest BCUT2D eigenvalue weighted by atomic mass is 10.0. The second kappa shape index (κ2) is 10.3. The van der Waals surface area contributed by atoms with E-state index in [-0.39, 0.29) is 0 Å². The zero-order valence-electron chi connectivity index (χ0n) is 26.6. The van der Waals surface area contributed by atoms with Gasteiger partial charge in [-0.05, 0) is 76.8 Å². The molecule has 0 atom stereocenters. The second-order valence-corrected chi connectivity index (χ2v) is 12.7. The van der Waals surface area contributed by atoms with Crippen LogP contribution in [0.3, 0.4) is 0 Å². The van der Waals surface area contributed by atoms with Crippen LogP contribution in [0.25, 0.3) is 88.0 Å². The van der Waals surface area contributed by atoms with E-state index in [0.717, 1.165) is 93.8 Å². The molecule has 50 heavy (non-hydrogen) atoms. The van der Waals surface area contributed by atoms with E-state index in [1.165, 1.54) is 5.39 Å². The van der Waals surface area contributed by atoms with Gasteiger partial charge in [0.15, 0.2) is 5.58 Å². The first-order valence-electron chi connectivity index (χ1n) is 16.7. The number of anilines is 3. The summed E-state index contributed by atoms with van der Waals surface area (Å²) in [6, 6.07) is 54.3. The first-order chi connectivity index (χ1) is 24.8. The number of para-hydroxylation sites is 1. The van der Waals surface area contributed by atoms with Gasteiger partial charge in [0.05, 0.1) is 11.1 Å². The van der Waals surface area contributed by atoms with Gasteiger partial charge in [-0.15, -0.1) is 0 Å². The third-order valence-electron chi connectivity index (χ3n) is 9.87. The number of rotatable bonds is 4. The minimum Gasteiger partial charge on any atom is -0.456 e. The molecule has 0 fully saturated rings. The summed E-state index contributed by atoms with van der Waals surface area (Å²) in [4.78, 5) is 7.31. The summed E-state index contributed by atoms with van der Waals surface area (Å²) < 4.78 is 19.5. The van der Waals surface area contributed by atoms with E-state index in [2.05, 4.69) is 126 Å². The van der Waals surface area contributed by atoms with E-state index in [9.17, 15) is 0 Å². The highest BCUT2D eigenvalue weighted by Crippen LogP contribution is 2.46. The van der Waals surface area contributed by atoms with Gasteiger partial charge in [-0.25, -0.2) is 4.98 Å². The zero-order valence-corrected chi connectivity index (χ0v) is 26.6. The molecular formula is C45H26N2O3. The quantitative estimate of drug-likeness (QED) is 0.191. The highest BCUT2D eigenvalue weighted by molar-refractivity contribution is 6.23. The summed E-state index contributed by atoms with van der Waals surface area (Å²) in [5, 5.41) is 8.70. The molecular weight excluding hydrogens is 617 g/mol. The van der Waals surface area contributed by atoms with Crippen LogP contribution in [0.5, 0.6) is 0 Å². The van der Waals surface area contributed by atoms with Crippen LogP contribution in [-0.4, -0.2) is 4.98 Å². The first-order valence-corrected chi connectivity index (χ1v) is 16.7. The summed E-state index contributed by atoms with van der Waals surface area (Å²) in [7, 11) is 0. The highest BCUT2D eigenvalue weighted by atomic mass is 16.4. The first kappa shape index (κ1) is 27.1. The van der Waals surface area contributed by atoms with Crippen LogP contribution in [0.1, 0.15) is 0 Å². The Morgan fingerprint density at radius 2 is 1.08 bits per heavy atom. The third-order valence-corrected chi connectivity index (χ3v) is 9.87. The summed E-state index contributed by atoms with van der Waals surface area (Å²) in [6.45, 7) is 0. The van der Waals surface area contributed by atoms with Crippen LogP contribution in [0.4, 0.5) is 17.1 Å². The maximum absolute atomic E-state index is 6.61. The molecule has 0 saturated heterocycles. The van der Waals surface area contributed by atoms with Gasteiger partial charge in [0.2, 0.25) is 5.89 Å². The van der Waals surface area contributed by atoms with E-state index in [4.69, 9.17) is 18.2 Å². The van der Waals surface area contributed by atoms with Crippen LogP contribution in [0.2, 0.25) is 0 Å². The maximum Gasteiger partial charge on any atom is 0.228 e. The summed E-state index contributed by atoms with van der Waals surface area (Å²) in [6.07, 6.45) is 0. The van der Waals surface area contributed by atoms with Crippen molar-refractivity contribution in [3.05, 3.63) is 158 Å². The molecule has 0 saturated carbocycles. The van der Waals surface area contributed by atoms with Crippen molar-refractivity contribution in [2.45, 2.75) is 0 Å². The lowest BCUT2D eigenvalue weighted by Gasteiger charge is -2.26. The number of hydrogen-bond donors (Lipinski definition) is 0. The minimum atomic E-state index is 0.574. The van der Waals surface area contributed by atoms with Gasteiger partial charge < -0.3 is 18.2 Å². The molecule has 11 rings (SSSR count). The van der Waals surface area contributed by atoms with Gasteiger partial charge in [0.25, 0.3) is 0 Å². The monoisotopic (exact) mass is 642 g/mol. The van der Waals surface area contributed by atoms with E-state index < -0.39 is 0 Å². The molecule has 0 N–H and O–H groups in total. The molecule has 0 unspecified atom stereocenters. The summed E-state index contributed by atoms with van der Waals surface area (Å²) in [5.41, 5.74) is 8.82. The van der Waals surface area contributed by atoms with Gasteiger partial charge >= 0.3 is 0 Å². The lowest BCUT2D eigenvalue weighted by Crippen LogP contribution is -2.10. The summed E-state index contributed by atoms with van der Waals surface area (Å²) in [5.74, 6) is 0.574. The molecule has 0 amide bonds. The third kappa shape index (κ3) is 3.92. The number of furan rings is 2. The molecule has 0 aliphatic carbocycles. The van der Waals surface area contributed by atoms with Gasteiger partial charge in [0, 0.05) is 44.5 Å². The molecule has 0 aliphatic heterocycles. The van der Waals surface area contributed by atoms with Crippen molar-refractivity contribution < 1.29 is 13.3 Å². The average molecular weight is 643 g/mol. The topological polar surface area (TPSA) is 55.6 Å². The van der Waals surface area contributed by atoms with Crippen molar-refractivity contribution in [2.24, 2.45) is 0 Å². The molecule has 234 valence electrons. The minimum absolute atomic E-state index is 0.574. The smallest absolute Gasteiger partial charge is 0.228 e. The lowest BCUT2D eigenvalue weighted by molar-refractivity contribution is 0.620. The van der Waals surface area contributed by atoms with E-state index in [1.807, 2.05) is 36.4 Å². The molecule has 0 spiro atoms. The average Bonchev–Trinajstić information content (AvgIpc) is 3.89. The maximum atomic E-state index is 6.61. The second-order valence-electron chi connectivity index (χ2n) is 12.7. The molecule has 5 heteroatoms. The van der Waals surface area contributed by atoms with E-state index in [0.29, 0.717) is 5.89 Å². The highest BCUT2D eigenvalue weighted by Gasteiger charge is 2.23.